The van der Waals surface area contributed by atoms with E-state index in [1.54, 1.807) is 24.6 Å². The number of aryl methyl sites for hydroxylation is 1. The number of nitrogens with one attached hydrogen (secondary N) is 2. The minimum atomic E-state index is -0.178. The molecule has 190 valence electrons. The first-order valence-corrected chi connectivity index (χ1v) is 13.3. The third kappa shape index (κ3) is 4.58. The van der Waals surface area contributed by atoms with Crippen molar-refractivity contribution in [3.63, 3.8) is 0 Å². The van der Waals surface area contributed by atoms with Crippen LogP contribution < -0.4 is 20.3 Å². The molecule has 1 saturated heterocycles. The molecular weight excluding hydrogens is 504 g/mol. The molecule has 0 radical (unpaired) electrons. The van der Waals surface area contributed by atoms with Gasteiger partial charge in [0.25, 0.3) is 0 Å². The van der Waals surface area contributed by atoms with Gasteiger partial charge in [0.05, 0.1) is 30.6 Å². The Kier molecular flexibility index (Phi) is 6.94. The minimum absolute atomic E-state index is 0.0767. The lowest BCUT2D eigenvalue weighted by Gasteiger charge is -2.28. The van der Waals surface area contributed by atoms with Crippen LogP contribution in [-0.2, 0) is 4.79 Å². The largest absolute Gasteiger partial charge is 0.494 e. The number of rotatable bonds is 7. The third-order valence-corrected chi connectivity index (χ3v) is 7.63. The average molecular weight is 533 g/mol. The van der Waals surface area contributed by atoms with Crippen LogP contribution in [-0.4, -0.2) is 32.7 Å². The molecule has 4 heterocycles. The van der Waals surface area contributed by atoms with E-state index in [1.165, 1.54) is 0 Å². The quantitative estimate of drug-likeness (QED) is 0.305. The van der Waals surface area contributed by atoms with Crippen molar-refractivity contribution in [2.24, 2.45) is 0 Å². The zero-order valence-electron chi connectivity index (χ0n) is 21.1. The van der Waals surface area contributed by atoms with Crippen LogP contribution in [0.1, 0.15) is 48.1 Å². The van der Waals surface area contributed by atoms with Crippen molar-refractivity contribution in [3.05, 3.63) is 82.9 Å². The van der Waals surface area contributed by atoms with Gasteiger partial charge < -0.3 is 20.3 Å². The SMILES string of the molecule is CCC(=O)Nc1ccc(N2C(=S)N[C@@H](c3ccccn3)[C@H]2c2cc(C)n(-c3nccs3)c2C)cc1OC. The Morgan fingerprint density at radius 2 is 2.03 bits per heavy atom. The first-order valence-electron chi connectivity index (χ1n) is 12.0. The fourth-order valence-electron chi connectivity index (χ4n) is 4.83. The first-order chi connectivity index (χ1) is 17.9. The summed E-state index contributed by atoms with van der Waals surface area (Å²) in [7, 11) is 1.59. The highest BCUT2D eigenvalue weighted by molar-refractivity contribution is 7.80. The molecule has 0 saturated carbocycles. The highest BCUT2D eigenvalue weighted by Gasteiger charge is 2.42. The van der Waals surface area contributed by atoms with E-state index in [4.69, 9.17) is 17.0 Å². The van der Waals surface area contributed by atoms with Gasteiger partial charge in [-0.15, -0.1) is 11.3 Å². The number of carbonyl (C=O) groups excluding carboxylic acids is 1. The molecular formula is C27H28N6O2S2. The number of methoxy groups -OCH3 is 1. The molecule has 1 aliphatic heterocycles. The second-order valence-electron chi connectivity index (χ2n) is 8.76. The minimum Gasteiger partial charge on any atom is -0.494 e. The molecule has 3 aromatic heterocycles. The van der Waals surface area contributed by atoms with E-state index in [0.29, 0.717) is 23.0 Å². The van der Waals surface area contributed by atoms with E-state index in [1.807, 2.05) is 54.9 Å². The molecule has 0 aliphatic carbocycles. The van der Waals surface area contributed by atoms with E-state index in [9.17, 15) is 4.79 Å². The number of aromatic nitrogens is 3. The van der Waals surface area contributed by atoms with Crippen LogP contribution in [0, 0.1) is 13.8 Å². The summed E-state index contributed by atoms with van der Waals surface area (Å²) >= 11 is 7.50. The molecule has 0 unspecified atom stereocenters. The summed E-state index contributed by atoms with van der Waals surface area (Å²) in [5, 5.41) is 9.91. The van der Waals surface area contributed by atoms with Crippen LogP contribution >= 0.6 is 23.6 Å². The molecule has 1 aromatic carbocycles. The van der Waals surface area contributed by atoms with Crippen LogP contribution in [0.25, 0.3) is 5.13 Å². The smallest absolute Gasteiger partial charge is 0.224 e. The lowest BCUT2D eigenvalue weighted by Crippen LogP contribution is -2.29. The molecule has 10 heteroatoms. The maximum atomic E-state index is 12.0. The lowest BCUT2D eigenvalue weighted by molar-refractivity contribution is -0.115. The Labute approximate surface area is 225 Å². The van der Waals surface area contributed by atoms with Crippen molar-refractivity contribution in [2.45, 2.75) is 39.3 Å². The molecule has 2 N–H and O–H groups in total. The predicted octanol–water partition coefficient (Wildman–Crippen LogP) is 5.48. The van der Waals surface area contributed by atoms with E-state index in [0.717, 1.165) is 33.5 Å². The molecule has 8 nitrogen and oxygen atoms in total. The van der Waals surface area contributed by atoms with Crippen molar-refractivity contribution in [1.82, 2.24) is 19.9 Å². The summed E-state index contributed by atoms with van der Waals surface area (Å²) in [4.78, 5) is 23.3. The Morgan fingerprint density at radius 3 is 2.70 bits per heavy atom. The number of ether oxygens (including phenoxy) is 1. The Bertz CT molecular complexity index is 1430. The number of pyridine rings is 1. The summed E-state index contributed by atoms with van der Waals surface area (Å²) < 4.78 is 7.83. The lowest BCUT2D eigenvalue weighted by atomic mass is 9.96. The van der Waals surface area contributed by atoms with Gasteiger partial charge in [0.1, 0.15) is 5.75 Å². The van der Waals surface area contributed by atoms with Gasteiger partial charge in [0.15, 0.2) is 10.2 Å². The summed E-state index contributed by atoms with van der Waals surface area (Å²) in [6, 6.07) is 13.5. The first kappa shape index (κ1) is 24.9. The van der Waals surface area contributed by atoms with Gasteiger partial charge in [-0.1, -0.05) is 13.0 Å². The van der Waals surface area contributed by atoms with Crippen molar-refractivity contribution in [1.29, 1.82) is 0 Å². The van der Waals surface area contributed by atoms with Gasteiger partial charge in [-0.25, -0.2) is 4.98 Å². The number of thiazole rings is 1. The molecule has 0 bridgehead atoms. The maximum Gasteiger partial charge on any atom is 0.224 e. The van der Waals surface area contributed by atoms with Crippen LogP contribution in [0.2, 0.25) is 0 Å². The van der Waals surface area contributed by atoms with E-state index >= 15 is 0 Å². The van der Waals surface area contributed by atoms with Crippen molar-refractivity contribution in [2.75, 3.05) is 17.3 Å². The van der Waals surface area contributed by atoms with Crippen LogP contribution in [0.3, 0.4) is 0 Å². The predicted molar refractivity (Wildman–Crippen MR) is 151 cm³/mol. The number of hydrogen-bond donors (Lipinski definition) is 2. The standard InChI is InChI=1S/C27H28N6O2S2/c1-5-23(34)30-20-10-9-18(15-22(20)35-4)33-25(24(31-26(33)36)21-8-6-7-11-28-21)19-14-16(2)32(17(19)3)27-29-12-13-37-27/h6-15,24-25H,5H2,1-4H3,(H,30,34)(H,31,36)/t24-,25+/m0/s1. The normalized spacial score (nSPS) is 17.1. The zero-order valence-corrected chi connectivity index (χ0v) is 22.7. The van der Waals surface area contributed by atoms with E-state index in [-0.39, 0.29) is 18.0 Å². The summed E-state index contributed by atoms with van der Waals surface area (Å²) in [6.07, 6.45) is 4.00. The molecule has 1 fully saturated rings. The molecule has 5 rings (SSSR count). The van der Waals surface area contributed by atoms with Crippen molar-refractivity contribution in [3.8, 4) is 10.9 Å². The number of thiocarbonyl (C=S) groups is 1. The number of benzene rings is 1. The second-order valence-corrected chi connectivity index (χ2v) is 10.0. The Morgan fingerprint density at radius 1 is 1.19 bits per heavy atom. The highest BCUT2D eigenvalue weighted by atomic mass is 32.1. The molecule has 0 spiro atoms. The van der Waals surface area contributed by atoms with Crippen molar-refractivity contribution >= 4 is 45.9 Å². The zero-order chi connectivity index (χ0) is 26.1. The van der Waals surface area contributed by atoms with Crippen molar-refractivity contribution < 1.29 is 9.53 Å². The molecule has 1 amide bonds. The summed E-state index contributed by atoms with van der Waals surface area (Å²) in [6.45, 7) is 6.02. The van der Waals surface area contributed by atoms with Gasteiger partial charge in [0.2, 0.25) is 5.91 Å². The number of anilines is 2. The topological polar surface area (TPSA) is 84.3 Å². The van der Waals surface area contributed by atoms with Crippen LogP contribution in [0.15, 0.2) is 60.2 Å². The van der Waals surface area contributed by atoms with Crippen LogP contribution in [0.4, 0.5) is 11.4 Å². The van der Waals surface area contributed by atoms with Gasteiger partial charge in [0, 0.05) is 47.3 Å². The Balaban J connectivity index is 1.64. The number of carbonyl (C=O) groups is 1. The number of hydrogen-bond acceptors (Lipinski definition) is 6. The second kappa shape index (κ2) is 10.3. The fourth-order valence-corrected chi connectivity index (χ4v) is 5.93. The third-order valence-electron chi connectivity index (χ3n) is 6.56. The highest BCUT2D eigenvalue weighted by Crippen LogP contribution is 2.45. The molecule has 4 aromatic rings. The van der Waals surface area contributed by atoms with Crippen LogP contribution in [0.5, 0.6) is 5.75 Å². The molecule has 2 atom stereocenters. The van der Waals surface area contributed by atoms with Gasteiger partial charge in [-0.2, -0.15) is 0 Å². The van der Waals surface area contributed by atoms with E-state index < -0.39 is 0 Å². The summed E-state index contributed by atoms with van der Waals surface area (Å²) in [5.74, 6) is 0.488. The maximum absolute atomic E-state index is 12.0. The van der Waals surface area contributed by atoms with Gasteiger partial charge in [-0.3, -0.25) is 14.3 Å². The van der Waals surface area contributed by atoms with Gasteiger partial charge >= 0.3 is 0 Å². The fraction of sp³-hybridized carbons (Fsp3) is 0.259. The number of amides is 1. The Hall–Kier alpha value is -3.76. The molecule has 37 heavy (non-hydrogen) atoms. The van der Waals surface area contributed by atoms with Gasteiger partial charge in [-0.05, 0) is 62.0 Å². The monoisotopic (exact) mass is 532 g/mol. The summed E-state index contributed by atoms with van der Waals surface area (Å²) in [5.41, 5.74) is 5.68. The molecule has 1 aliphatic rings. The van der Waals surface area contributed by atoms with E-state index in [2.05, 4.69) is 50.0 Å². The average Bonchev–Trinajstić information content (AvgIpc) is 3.62. The number of nitrogens with zero attached hydrogens (tertiary/aromatic N) is 4.